The lowest BCUT2D eigenvalue weighted by Gasteiger charge is -2.40. The molecule has 0 unspecified atom stereocenters. The highest BCUT2D eigenvalue weighted by molar-refractivity contribution is 9.10. The lowest BCUT2D eigenvalue weighted by atomic mass is 9.85. The largest absolute Gasteiger partial charge is 0.340 e. The summed E-state index contributed by atoms with van der Waals surface area (Å²) in [6, 6.07) is 2.14. The predicted molar refractivity (Wildman–Crippen MR) is 124 cm³/mol. The highest BCUT2D eigenvalue weighted by Gasteiger charge is 2.34. The molecule has 1 saturated heterocycles. The Hall–Kier alpha value is -0.190. The van der Waals surface area contributed by atoms with Gasteiger partial charge in [0, 0.05) is 48.7 Å². The lowest BCUT2D eigenvalue weighted by molar-refractivity contribution is -0.138. The number of sulfonamides is 1. The van der Waals surface area contributed by atoms with Crippen LogP contribution in [0.2, 0.25) is 4.34 Å². The van der Waals surface area contributed by atoms with E-state index in [1.807, 2.05) is 4.90 Å². The molecule has 0 aromatic carbocycles. The van der Waals surface area contributed by atoms with Crippen LogP contribution in [-0.4, -0.2) is 62.4 Å². The molecule has 2 heterocycles. The van der Waals surface area contributed by atoms with Gasteiger partial charge in [0.25, 0.3) is 0 Å². The van der Waals surface area contributed by atoms with Crippen LogP contribution in [-0.2, 0) is 14.8 Å². The first kappa shape index (κ1) is 23.0. The number of hydrogen-bond acceptors (Lipinski definition) is 5. The summed E-state index contributed by atoms with van der Waals surface area (Å²) in [6.45, 7) is 3.64. The quantitative estimate of drug-likeness (QED) is 0.613. The number of carbonyl (C=O) groups is 1. The average Bonchev–Trinajstić information content (AvgIpc) is 3.39. The normalized spacial score (nSPS) is 26.9. The van der Waals surface area contributed by atoms with Gasteiger partial charge in [0.1, 0.15) is 8.55 Å². The molecule has 2 saturated carbocycles. The standard InChI is InChI=1S/C20H29BrClN3O3S2/c21-17-13-18(29-19(17)22)30(27,28)23-15-7-5-14(6-8-15)20(26)25-11-9-24(10-12-25)16-3-1-2-4-16/h13-16,23H,1-12H2/t14-,15-. The summed E-state index contributed by atoms with van der Waals surface area (Å²) < 4.78 is 29.3. The molecule has 0 spiro atoms. The molecule has 1 N–H and O–H groups in total. The Morgan fingerprint density at radius 1 is 1.07 bits per heavy atom. The van der Waals surface area contributed by atoms with Crippen molar-refractivity contribution >= 4 is 54.8 Å². The van der Waals surface area contributed by atoms with Crippen molar-refractivity contribution in [2.75, 3.05) is 26.2 Å². The minimum absolute atomic E-state index is 0.0223. The second-order valence-corrected chi connectivity index (χ2v) is 13.1. The first-order valence-corrected chi connectivity index (χ1v) is 14.3. The van der Waals surface area contributed by atoms with E-state index in [0.29, 0.717) is 21.7 Å². The van der Waals surface area contributed by atoms with Gasteiger partial charge in [-0.05, 0) is 60.5 Å². The summed E-state index contributed by atoms with van der Waals surface area (Å²) in [5.41, 5.74) is 0. The smallest absolute Gasteiger partial charge is 0.250 e. The van der Waals surface area contributed by atoms with E-state index in [1.54, 1.807) is 0 Å². The van der Waals surface area contributed by atoms with E-state index in [2.05, 4.69) is 25.6 Å². The van der Waals surface area contributed by atoms with E-state index >= 15 is 0 Å². The zero-order chi connectivity index (χ0) is 21.3. The van der Waals surface area contributed by atoms with Gasteiger partial charge >= 0.3 is 0 Å². The van der Waals surface area contributed by atoms with Gasteiger partial charge in [-0.25, -0.2) is 13.1 Å². The van der Waals surface area contributed by atoms with Gasteiger partial charge in [-0.3, -0.25) is 9.69 Å². The summed E-state index contributed by atoms with van der Waals surface area (Å²) in [4.78, 5) is 17.6. The van der Waals surface area contributed by atoms with Gasteiger partial charge in [0.15, 0.2) is 0 Å². The second-order valence-electron chi connectivity index (χ2n) is 8.66. The molecule has 4 rings (SSSR count). The zero-order valence-corrected chi connectivity index (χ0v) is 21.0. The molecule has 10 heteroatoms. The van der Waals surface area contributed by atoms with Crippen LogP contribution < -0.4 is 4.72 Å². The van der Waals surface area contributed by atoms with Crippen molar-refractivity contribution in [3.63, 3.8) is 0 Å². The van der Waals surface area contributed by atoms with Gasteiger partial charge in [-0.1, -0.05) is 24.4 Å². The van der Waals surface area contributed by atoms with Crippen LogP contribution in [0.1, 0.15) is 51.4 Å². The number of nitrogens with zero attached hydrogens (tertiary/aromatic N) is 2. The molecule has 0 radical (unpaired) electrons. The second kappa shape index (κ2) is 9.75. The van der Waals surface area contributed by atoms with Gasteiger partial charge in [-0.2, -0.15) is 0 Å². The molecule has 6 nitrogen and oxygen atoms in total. The monoisotopic (exact) mass is 537 g/mol. The van der Waals surface area contributed by atoms with E-state index in [9.17, 15) is 13.2 Å². The van der Waals surface area contributed by atoms with Crippen molar-refractivity contribution in [2.24, 2.45) is 5.92 Å². The van der Waals surface area contributed by atoms with Crippen molar-refractivity contribution < 1.29 is 13.2 Å². The lowest BCUT2D eigenvalue weighted by Crippen LogP contribution is -2.53. The molecule has 168 valence electrons. The minimum atomic E-state index is -3.58. The molecule has 3 fully saturated rings. The summed E-state index contributed by atoms with van der Waals surface area (Å²) in [5.74, 6) is 0.283. The molecule has 1 amide bonds. The molecule has 3 aliphatic rings. The third-order valence-corrected chi connectivity index (χ3v) is 11.2. The average molecular weight is 539 g/mol. The minimum Gasteiger partial charge on any atom is -0.340 e. The number of hydrogen-bond donors (Lipinski definition) is 1. The molecule has 30 heavy (non-hydrogen) atoms. The van der Waals surface area contributed by atoms with Crippen molar-refractivity contribution in [1.29, 1.82) is 0 Å². The Bertz CT molecular complexity index is 837. The number of carbonyl (C=O) groups excluding carboxylic acids is 1. The van der Waals surface area contributed by atoms with Crippen LogP contribution in [0.25, 0.3) is 0 Å². The summed E-state index contributed by atoms with van der Waals surface area (Å²) in [7, 11) is -3.58. The van der Waals surface area contributed by atoms with Crippen molar-refractivity contribution in [3.05, 3.63) is 14.9 Å². The van der Waals surface area contributed by atoms with Gasteiger partial charge < -0.3 is 4.90 Å². The number of amides is 1. The maximum absolute atomic E-state index is 13.0. The van der Waals surface area contributed by atoms with E-state index in [-0.39, 0.29) is 22.1 Å². The number of piperazine rings is 1. The first-order chi connectivity index (χ1) is 14.3. The Morgan fingerprint density at radius 2 is 1.70 bits per heavy atom. The summed E-state index contributed by atoms with van der Waals surface area (Å²) in [6.07, 6.45) is 8.16. The van der Waals surface area contributed by atoms with E-state index < -0.39 is 10.0 Å². The van der Waals surface area contributed by atoms with Crippen LogP contribution in [0.3, 0.4) is 0 Å². The van der Waals surface area contributed by atoms with Crippen LogP contribution >= 0.6 is 38.9 Å². The molecule has 2 aliphatic carbocycles. The topological polar surface area (TPSA) is 69.7 Å². The van der Waals surface area contributed by atoms with Gasteiger partial charge in [-0.15, -0.1) is 11.3 Å². The van der Waals surface area contributed by atoms with Gasteiger partial charge in [0.05, 0.1) is 0 Å². The molecular weight excluding hydrogens is 510 g/mol. The Balaban J connectivity index is 1.24. The fraction of sp³-hybridized carbons (Fsp3) is 0.750. The number of thiophene rings is 1. The molecule has 1 aromatic heterocycles. The van der Waals surface area contributed by atoms with Crippen molar-refractivity contribution in [1.82, 2.24) is 14.5 Å². The maximum Gasteiger partial charge on any atom is 0.250 e. The van der Waals surface area contributed by atoms with E-state index in [1.165, 1.54) is 31.7 Å². The van der Waals surface area contributed by atoms with Crippen molar-refractivity contribution in [2.45, 2.75) is 67.7 Å². The summed E-state index contributed by atoms with van der Waals surface area (Å²) >= 11 is 10.3. The first-order valence-electron chi connectivity index (χ1n) is 10.8. The van der Waals surface area contributed by atoms with E-state index in [0.717, 1.165) is 56.4 Å². The van der Waals surface area contributed by atoms with Crippen LogP contribution in [0.15, 0.2) is 14.7 Å². The molecule has 1 aliphatic heterocycles. The van der Waals surface area contributed by atoms with Gasteiger partial charge in [0.2, 0.25) is 15.9 Å². The zero-order valence-electron chi connectivity index (χ0n) is 17.0. The molecule has 0 atom stereocenters. The number of halogens is 2. The van der Waals surface area contributed by atoms with Crippen molar-refractivity contribution in [3.8, 4) is 0 Å². The van der Waals surface area contributed by atoms with E-state index in [4.69, 9.17) is 11.6 Å². The fourth-order valence-electron chi connectivity index (χ4n) is 5.03. The number of nitrogens with one attached hydrogen (secondary N) is 1. The maximum atomic E-state index is 13.0. The highest BCUT2D eigenvalue weighted by Crippen LogP contribution is 2.35. The Kier molecular flexibility index (Phi) is 7.47. The SMILES string of the molecule is O=C([C@H]1CC[C@H](NS(=O)(=O)c2cc(Br)c(Cl)s2)CC1)N1CCN(C2CCCC2)CC1. The number of rotatable bonds is 5. The highest BCUT2D eigenvalue weighted by atomic mass is 79.9. The van der Waals surface area contributed by atoms with Crippen LogP contribution in [0.5, 0.6) is 0 Å². The summed E-state index contributed by atoms with van der Waals surface area (Å²) in [5, 5.41) is 0. The molecular formula is C20H29BrClN3O3S2. The molecule has 1 aromatic rings. The fourth-order valence-corrected chi connectivity index (χ4v) is 8.65. The Morgan fingerprint density at radius 3 is 2.27 bits per heavy atom. The Labute approximate surface area is 196 Å². The predicted octanol–water partition coefficient (Wildman–Crippen LogP) is 4.09. The van der Waals surface area contributed by atoms with Crippen LogP contribution in [0, 0.1) is 5.92 Å². The molecule has 0 bridgehead atoms. The third-order valence-electron chi connectivity index (χ3n) is 6.75. The third kappa shape index (κ3) is 5.23. The van der Waals surface area contributed by atoms with Crippen LogP contribution in [0.4, 0.5) is 0 Å².